The summed E-state index contributed by atoms with van der Waals surface area (Å²) in [6.45, 7) is 0.124. The van der Waals surface area contributed by atoms with Gasteiger partial charge in [0, 0.05) is 43.6 Å². The molecule has 4 heteroatoms. The van der Waals surface area contributed by atoms with Crippen LogP contribution in [-0.4, -0.2) is 11.3 Å². The van der Waals surface area contributed by atoms with Gasteiger partial charge in [0.05, 0.1) is 11.3 Å². The first-order chi connectivity index (χ1) is 30.5. The predicted molar refractivity (Wildman–Crippen MR) is 257 cm³/mol. The van der Waals surface area contributed by atoms with E-state index in [-0.39, 0.29) is 12.9 Å². The van der Waals surface area contributed by atoms with Gasteiger partial charge < -0.3 is 9.38 Å². The third-order valence-corrected chi connectivity index (χ3v) is 20.9. The second-order valence-electron chi connectivity index (χ2n) is 22.8. The molecule has 8 aliphatic carbocycles. The van der Waals surface area contributed by atoms with E-state index in [1.807, 2.05) is 0 Å². The van der Waals surface area contributed by atoms with Gasteiger partial charge in [0.15, 0.2) is 0 Å². The van der Waals surface area contributed by atoms with E-state index in [9.17, 15) is 0 Å². The molecule has 8 saturated carbocycles. The van der Waals surface area contributed by atoms with Crippen LogP contribution in [0.3, 0.4) is 0 Å². The highest BCUT2D eigenvalue weighted by atomic mass is 32.2. The number of fused-ring (bicyclic) bond motifs is 12. The molecule has 62 heavy (non-hydrogen) atoms. The van der Waals surface area contributed by atoms with Gasteiger partial charge in [-0.3, -0.25) is 0 Å². The molecule has 2 nitrogen and oxygen atoms in total. The third-order valence-electron chi connectivity index (χ3n) is 19.5. The van der Waals surface area contributed by atoms with Crippen molar-refractivity contribution >= 4 is 62.7 Å². The Hall–Kier alpha value is -4.67. The van der Waals surface area contributed by atoms with Crippen molar-refractivity contribution in [1.82, 2.24) is 4.48 Å². The number of rotatable bonds is 3. The topological polar surface area (TPSA) is 8.17 Å². The summed E-state index contributed by atoms with van der Waals surface area (Å²) in [6, 6.07) is 47.2. The second kappa shape index (κ2) is 11.3. The Morgan fingerprint density at radius 3 is 1.90 bits per heavy atom. The minimum atomic E-state index is 0.124. The molecule has 302 valence electrons. The van der Waals surface area contributed by atoms with Crippen LogP contribution in [0.5, 0.6) is 0 Å². The number of aromatic nitrogens is 1. The maximum absolute atomic E-state index is 2.89. The molecule has 1 aromatic heterocycles. The first-order valence-electron chi connectivity index (χ1n) is 24.6. The van der Waals surface area contributed by atoms with E-state index in [2.05, 4.69) is 136 Å². The smallest absolute Gasteiger partial charge is 0.333 e. The summed E-state index contributed by atoms with van der Waals surface area (Å²) < 4.78 is 2.89. The van der Waals surface area contributed by atoms with Crippen LogP contribution in [0.1, 0.15) is 111 Å². The van der Waals surface area contributed by atoms with Crippen LogP contribution in [0.15, 0.2) is 120 Å². The summed E-state index contributed by atoms with van der Waals surface area (Å²) >= 11 is 2.10. The zero-order valence-electron chi connectivity index (χ0n) is 35.5. The Labute approximate surface area is 369 Å². The summed E-state index contributed by atoms with van der Waals surface area (Å²) in [5, 5.41) is 3.46. The number of nitrogens with zero attached hydrogens (tertiary/aromatic N) is 2. The third kappa shape index (κ3) is 4.11. The lowest BCUT2D eigenvalue weighted by Crippen LogP contribution is -2.57. The zero-order valence-corrected chi connectivity index (χ0v) is 36.3. The molecule has 8 fully saturated rings. The van der Waals surface area contributed by atoms with Gasteiger partial charge in [0.25, 0.3) is 0 Å². The summed E-state index contributed by atoms with van der Waals surface area (Å²) in [4.78, 5) is 4.30. The highest BCUT2D eigenvalue weighted by Gasteiger charge is 2.56. The van der Waals surface area contributed by atoms with Crippen LogP contribution in [0, 0.1) is 35.5 Å². The van der Waals surface area contributed by atoms with Crippen LogP contribution in [-0.2, 0) is 10.8 Å². The van der Waals surface area contributed by atoms with Crippen LogP contribution in [0.2, 0.25) is 0 Å². The Morgan fingerprint density at radius 2 is 1.18 bits per heavy atom. The number of hydrogen-bond acceptors (Lipinski definition) is 2. The van der Waals surface area contributed by atoms with Gasteiger partial charge in [0.1, 0.15) is 0 Å². The normalized spacial score (nSPS) is 34.0. The van der Waals surface area contributed by atoms with Crippen LogP contribution < -0.4 is 15.8 Å². The average molecular weight is 819 g/mol. The van der Waals surface area contributed by atoms with E-state index in [4.69, 9.17) is 0 Å². The van der Waals surface area contributed by atoms with E-state index in [1.165, 1.54) is 154 Å². The first kappa shape index (κ1) is 33.8. The molecule has 0 amide bonds. The summed E-state index contributed by atoms with van der Waals surface area (Å²) in [6.07, 6.45) is 17.4. The zero-order chi connectivity index (χ0) is 39.8. The van der Waals surface area contributed by atoms with Crippen molar-refractivity contribution in [3.63, 3.8) is 0 Å². The van der Waals surface area contributed by atoms with Gasteiger partial charge in [-0.05, 0) is 216 Å². The molecule has 2 atom stereocenters. The summed E-state index contributed by atoms with van der Waals surface area (Å²) in [5.74, 6) is 5.56. The van der Waals surface area contributed by atoms with Gasteiger partial charge >= 0.3 is 6.85 Å². The molecule has 6 aromatic carbocycles. The maximum Gasteiger partial charge on any atom is 0.333 e. The Morgan fingerprint density at radius 1 is 0.532 bits per heavy atom. The second-order valence-corrected chi connectivity index (χ2v) is 24.0. The molecule has 0 radical (unpaired) electrons. The molecular formula is C58H51BN2S. The predicted octanol–water partition coefficient (Wildman–Crippen LogP) is 13.4. The summed E-state index contributed by atoms with van der Waals surface area (Å²) in [5.41, 5.74) is 21.6. The first-order valence-corrected chi connectivity index (χ1v) is 25.5. The molecule has 0 N–H and O–H groups in total. The number of anilines is 2. The lowest BCUT2D eigenvalue weighted by Gasteiger charge is -2.57. The molecule has 7 aromatic rings. The van der Waals surface area contributed by atoms with Crippen molar-refractivity contribution < 1.29 is 0 Å². The number of hydrogen-bond donors (Lipinski definition) is 0. The fourth-order valence-corrected chi connectivity index (χ4v) is 19.7. The van der Waals surface area contributed by atoms with Crippen LogP contribution >= 0.6 is 11.8 Å². The van der Waals surface area contributed by atoms with Crippen molar-refractivity contribution in [2.45, 2.75) is 104 Å². The molecule has 19 rings (SSSR count). The minimum Gasteiger partial charge on any atom is -0.375 e. The Kier molecular flexibility index (Phi) is 6.19. The van der Waals surface area contributed by atoms with Gasteiger partial charge in [-0.1, -0.05) is 72.8 Å². The highest BCUT2D eigenvalue weighted by Crippen LogP contribution is 2.67. The fourth-order valence-electron chi connectivity index (χ4n) is 18.2. The van der Waals surface area contributed by atoms with E-state index < -0.39 is 0 Å². The number of para-hydroxylation sites is 1. The SMILES string of the molecule is c1ccc(-c2cc3c4c(c2)N2c5c(cccc5C5Sc6ccccc6C52)B4n2c4ccc(C56CC7CC(CC(C7)C5)C6)cc4c4cc(C56CC7CC(CC(C7)C5)C6)cc-3c42)cc1. The molecule has 8 bridgehead atoms. The Bertz CT molecular complexity index is 3100. The standard InChI is InChI=1S/C58H51BN2S/c1-2-7-38(8-3-1)39-21-45-47-25-41(58-29-35-18-36(30-58)20-37(19-35)31-58)24-46-44-23-40(57-26-32-15-33(27-57)17-34(16-32)28-57)13-14-49(44)61(53(46)47)59-48-11-6-10-43-54(48)60(50(22-39)52(45)59)55-42-9-4-5-12-51(42)62-56(43)55/h1-14,21-25,32-37,55-56H,15-20,26-31H2. The highest BCUT2D eigenvalue weighted by molar-refractivity contribution is 8.00. The van der Waals surface area contributed by atoms with Crippen LogP contribution in [0.4, 0.5) is 11.4 Å². The molecule has 0 saturated heterocycles. The van der Waals surface area contributed by atoms with Gasteiger partial charge in [0.2, 0.25) is 0 Å². The summed E-state index contributed by atoms with van der Waals surface area (Å²) in [7, 11) is 0. The van der Waals surface area contributed by atoms with Gasteiger partial charge in [-0.2, -0.15) is 0 Å². The van der Waals surface area contributed by atoms with E-state index in [1.54, 1.807) is 16.5 Å². The maximum atomic E-state index is 2.89. The van der Waals surface area contributed by atoms with Crippen molar-refractivity contribution in [3.8, 4) is 22.3 Å². The van der Waals surface area contributed by atoms with Gasteiger partial charge in [-0.25, -0.2) is 0 Å². The minimum absolute atomic E-state index is 0.124. The van der Waals surface area contributed by atoms with E-state index in [0.717, 1.165) is 35.5 Å². The van der Waals surface area contributed by atoms with Crippen molar-refractivity contribution in [2.24, 2.45) is 35.5 Å². The van der Waals surface area contributed by atoms with Crippen molar-refractivity contribution in [3.05, 3.63) is 138 Å². The lowest BCUT2D eigenvalue weighted by molar-refractivity contribution is -0.00527. The average Bonchev–Trinajstić information content (AvgIpc) is 3.93. The van der Waals surface area contributed by atoms with E-state index >= 15 is 0 Å². The van der Waals surface area contributed by atoms with Crippen molar-refractivity contribution in [1.29, 1.82) is 0 Å². The molecular weight excluding hydrogens is 768 g/mol. The fraction of sp³-hybridized carbons (Fsp3) is 0.379. The monoisotopic (exact) mass is 818 g/mol. The molecule has 4 aliphatic heterocycles. The quantitative estimate of drug-likeness (QED) is 0.164. The van der Waals surface area contributed by atoms with Crippen LogP contribution in [0.25, 0.3) is 44.1 Å². The van der Waals surface area contributed by atoms with Gasteiger partial charge in [-0.15, -0.1) is 11.8 Å². The molecule has 0 spiro atoms. The number of benzene rings is 6. The lowest BCUT2D eigenvalue weighted by atomic mass is 9.44. The molecule has 12 aliphatic rings. The number of thioether (sulfide) groups is 1. The van der Waals surface area contributed by atoms with E-state index in [0.29, 0.717) is 16.1 Å². The molecule has 5 heterocycles. The Balaban J connectivity index is 0.984. The largest absolute Gasteiger partial charge is 0.375 e. The molecule has 2 unspecified atom stereocenters. The van der Waals surface area contributed by atoms with Crippen molar-refractivity contribution in [2.75, 3.05) is 4.90 Å².